The van der Waals surface area contributed by atoms with Crippen molar-refractivity contribution < 1.29 is 9.53 Å². The van der Waals surface area contributed by atoms with Gasteiger partial charge in [-0.25, -0.2) is 0 Å². The molecule has 0 heterocycles. The number of hydrogen-bond acceptors (Lipinski definition) is 2. The van der Waals surface area contributed by atoms with Crippen molar-refractivity contribution in [3.63, 3.8) is 0 Å². The summed E-state index contributed by atoms with van der Waals surface area (Å²) < 4.78 is 4.98. The number of carbonyl (C=O) groups excluding carboxylic acids is 1. The van der Waals surface area contributed by atoms with Crippen LogP contribution in [-0.2, 0) is 9.53 Å². The van der Waals surface area contributed by atoms with Crippen LogP contribution in [0.25, 0.3) is 0 Å². The highest BCUT2D eigenvalue weighted by Gasteiger charge is 2.06. The molecule has 0 N–H and O–H groups in total. The Morgan fingerprint density at radius 3 is 2.67 bits per heavy atom. The molecule has 0 saturated carbocycles. The fraction of sp³-hybridized carbons (Fsp3) is 0.889. The molecule has 0 rings (SSSR count). The van der Waals surface area contributed by atoms with E-state index >= 15 is 0 Å². The van der Waals surface area contributed by atoms with E-state index in [4.69, 9.17) is 16.3 Å². The van der Waals surface area contributed by atoms with Crippen LogP contribution < -0.4 is 0 Å². The number of alkyl halides is 1. The first-order valence-corrected chi connectivity index (χ1v) is 4.99. The van der Waals surface area contributed by atoms with Crippen LogP contribution in [-0.4, -0.2) is 18.0 Å². The monoisotopic (exact) mass is 192 g/mol. The van der Waals surface area contributed by atoms with Crippen molar-refractivity contribution >= 4 is 17.6 Å². The van der Waals surface area contributed by atoms with Gasteiger partial charge in [0.2, 0.25) is 0 Å². The van der Waals surface area contributed by atoms with Crippen molar-refractivity contribution in [2.75, 3.05) is 5.88 Å². The van der Waals surface area contributed by atoms with Gasteiger partial charge >= 0.3 is 5.97 Å². The zero-order valence-corrected chi connectivity index (χ0v) is 8.56. The van der Waals surface area contributed by atoms with Crippen molar-refractivity contribution in [2.24, 2.45) is 0 Å². The summed E-state index contributed by atoms with van der Waals surface area (Å²) in [6, 6.07) is 0. The molecular weight excluding hydrogens is 176 g/mol. The Bertz CT molecular complexity index is 126. The van der Waals surface area contributed by atoms with Gasteiger partial charge in [0.15, 0.2) is 0 Å². The van der Waals surface area contributed by atoms with Gasteiger partial charge in [0.05, 0.1) is 5.88 Å². The lowest BCUT2D eigenvalue weighted by Gasteiger charge is -2.09. The molecule has 0 spiro atoms. The maximum Gasteiger partial charge on any atom is 0.306 e. The summed E-state index contributed by atoms with van der Waals surface area (Å²) in [6.07, 6.45) is 3.50. The molecule has 12 heavy (non-hydrogen) atoms. The van der Waals surface area contributed by atoms with Gasteiger partial charge in [-0.1, -0.05) is 19.8 Å². The van der Waals surface area contributed by atoms with E-state index in [0.717, 1.165) is 19.3 Å². The van der Waals surface area contributed by atoms with Gasteiger partial charge in [-0.2, -0.15) is 0 Å². The number of esters is 1. The van der Waals surface area contributed by atoms with Crippen LogP contribution in [0.15, 0.2) is 0 Å². The maximum atomic E-state index is 11.0. The van der Waals surface area contributed by atoms with Gasteiger partial charge in [-0.3, -0.25) is 4.79 Å². The minimum Gasteiger partial charge on any atom is -0.461 e. The van der Waals surface area contributed by atoms with Crippen molar-refractivity contribution in [2.45, 2.75) is 45.6 Å². The van der Waals surface area contributed by atoms with Gasteiger partial charge in [0.25, 0.3) is 0 Å². The predicted molar refractivity (Wildman–Crippen MR) is 50.4 cm³/mol. The van der Waals surface area contributed by atoms with Crippen molar-refractivity contribution in [3.05, 3.63) is 0 Å². The first-order valence-electron chi connectivity index (χ1n) is 4.46. The largest absolute Gasteiger partial charge is 0.461 e. The third-order valence-electron chi connectivity index (χ3n) is 1.53. The van der Waals surface area contributed by atoms with Crippen LogP contribution in [0, 0.1) is 0 Å². The highest BCUT2D eigenvalue weighted by atomic mass is 35.5. The second-order valence-electron chi connectivity index (χ2n) is 2.91. The van der Waals surface area contributed by atoms with Crippen molar-refractivity contribution in [1.29, 1.82) is 0 Å². The van der Waals surface area contributed by atoms with E-state index in [9.17, 15) is 4.79 Å². The fourth-order valence-corrected chi connectivity index (χ4v) is 0.897. The van der Waals surface area contributed by atoms with Gasteiger partial charge in [-0.05, 0) is 13.3 Å². The normalized spacial score (nSPS) is 12.6. The van der Waals surface area contributed by atoms with Gasteiger partial charge in [0.1, 0.15) is 6.10 Å². The minimum absolute atomic E-state index is 0.128. The molecule has 0 unspecified atom stereocenters. The van der Waals surface area contributed by atoms with Crippen LogP contribution in [0.5, 0.6) is 0 Å². The maximum absolute atomic E-state index is 11.0. The van der Waals surface area contributed by atoms with Gasteiger partial charge < -0.3 is 4.74 Å². The second kappa shape index (κ2) is 7.41. The lowest BCUT2D eigenvalue weighted by Crippen LogP contribution is -2.15. The van der Waals surface area contributed by atoms with E-state index in [-0.39, 0.29) is 12.1 Å². The first-order chi connectivity index (χ1) is 5.70. The number of hydrogen-bond donors (Lipinski definition) is 0. The molecule has 0 amide bonds. The summed E-state index contributed by atoms with van der Waals surface area (Å²) in [5.41, 5.74) is 0. The summed E-state index contributed by atoms with van der Waals surface area (Å²) in [5, 5.41) is 0. The summed E-state index contributed by atoms with van der Waals surface area (Å²) in [7, 11) is 0. The van der Waals surface area contributed by atoms with E-state index < -0.39 is 0 Å². The molecule has 0 aromatic rings. The Morgan fingerprint density at radius 1 is 1.50 bits per heavy atom. The van der Waals surface area contributed by atoms with Gasteiger partial charge in [-0.15, -0.1) is 11.6 Å². The molecule has 72 valence electrons. The predicted octanol–water partition coefficient (Wildman–Crippen LogP) is 2.74. The van der Waals surface area contributed by atoms with Crippen LogP contribution in [0.4, 0.5) is 0 Å². The molecule has 1 atom stereocenters. The van der Waals surface area contributed by atoms with Gasteiger partial charge in [0, 0.05) is 6.42 Å². The molecule has 0 aliphatic heterocycles. The minimum atomic E-state index is -0.152. The number of carbonyl (C=O) groups is 1. The molecule has 0 fully saturated rings. The number of unbranched alkanes of at least 4 members (excludes halogenated alkanes) is 2. The van der Waals surface area contributed by atoms with E-state index in [1.807, 2.05) is 0 Å². The third-order valence-corrected chi connectivity index (χ3v) is 1.97. The van der Waals surface area contributed by atoms with Crippen LogP contribution in [0.2, 0.25) is 0 Å². The lowest BCUT2D eigenvalue weighted by atomic mass is 10.2. The third kappa shape index (κ3) is 6.47. The zero-order chi connectivity index (χ0) is 9.40. The quantitative estimate of drug-likeness (QED) is 0.368. The second-order valence-corrected chi connectivity index (χ2v) is 3.22. The van der Waals surface area contributed by atoms with E-state index in [0.29, 0.717) is 12.3 Å². The van der Waals surface area contributed by atoms with E-state index in [1.54, 1.807) is 6.92 Å². The Morgan fingerprint density at radius 2 is 2.17 bits per heavy atom. The van der Waals surface area contributed by atoms with Crippen molar-refractivity contribution in [3.8, 4) is 0 Å². The van der Waals surface area contributed by atoms with Crippen LogP contribution in [0.3, 0.4) is 0 Å². The molecule has 3 heteroatoms. The molecule has 0 aliphatic rings. The Labute approximate surface area is 79.2 Å². The van der Waals surface area contributed by atoms with E-state index in [2.05, 4.69) is 6.92 Å². The Hall–Kier alpha value is -0.240. The Kier molecular flexibility index (Phi) is 7.26. The highest BCUT2D eigenvalue weighted by molar-refractivity contribution is 6.18. The summed E-state index contributed by atoms with van der Waals surface area (Å²) >= 11 is 5.48. The highest BCUT2D eigenvalue weighted by Crippen LogP contribution is 2.03. The summed E-state index contributed by atoms with van der Waals surface area (Å²) in [4.78, 5) is 11.0. The summed E-state index contributed by atoms with van der Waals surface area (Å²) in [6.45, 7) is 3.90. The first kappa shape index (κ1) is 11.8. The lowest BCUT2D eigenvalue weighted by molar-refractivity contribution is -0.147. The molecule has 0 aromatic carbocycles. The Balaban J connectivity index is 3.33. The molecule has 0 radical (unpaired) electrons. The fourth-order valence-electron chi connectivity index (χ4n) is 0.834. The SMILES string of the molecule is CCCCCC(=O)O[C@@H](C)CCl. The molecule has 0 aliphatic carbocycles. The topological polar surface area (TPSA) is 26.3 Å². The smallest absolute Gasteiger partial charge is 0.306 e. The standard InChI is InChI=1S/C9H17ClO2/c1-3-4-5-6-9(11)12-8(2)7-10/h8H,3-7H2,1-2H3/t8-/m0/s1. The average molecular weight is 193 g/mol. The number of rotatable bonds is 6. The zero-order valence-electron chi connectivity index (χ0n) is 7.81. The summed E-state index contributed by atoms with van der Waals surface area (Å²) in [5.74, 6) is 0.246. The molecule has 2 nitrogen and oxygen atoms in total. The molecule has 0 bridgehead atoms. The van der Waals surface area contributed by atoms with Crippen LogP contribution in [0.1, 0.15) is 39.5 Å². The number of halogens is 1. The van der Waals surface area contributed by atoms with Crippen LogP contribution >= 0.6 is 11.6 Å². The average Bonchev–Trinajstić information content (AvgIpc) is 2.05. The van der Waals surface area contributed by atoms with Crippen molar-refractivity contribution in [1.82, 2.24) is 0 Å². The molecular formula is C9H17ClO2. The number of ether oxygens (including phenoxy) is 1. The molecule has 0 aromatic heterocycles. The van der Waals surface area contributed by atoms with E-state index in [1.165, 1.54) is 0 Å². The molecule has 0 saturated heterocycles.